The number of fused-ring (bicyclic) bond motifs is 5. The number of aliphatic carboxylic acids is 1. The second kappa shape index (κ2) is 26.0. The maximum absolute atomic E-state index is 15.9. The zero-order valence-electron chi connectivity index (χ0n) is 48.8. The molecule has 3 aliphatic carbocycles. The van der Waals surface area contributed by atoms with Gasteiger partial charge in [0.25, 0.3) is 5.91 Å². The van der Waals surface area contributed by atoms with Gasteiger partial charge in [-0.3, -0.25) is 24.0 Å². The summed E-state index contributed by atoms with van der Waals surface area (Å²) in [5.41, 5.74) is -9.59. The van der Waals surface area contributed by atoms with Crippen molar-refractivity contribution in [3.8, 4) is 0 Å². The Balaban J connectivity index is 0.0000106. The van der Waals surface area contributed by atoms with Crippen molar-refractivity contribution in [1.82, 2.24) is 10.6 Å². The van der Waals surface area contributed by atoms with Gasteiger partial charge in [-0.1, -0.05) is 94.4 Å². The molecule has 4 fully saturated rings. The number of amides is 2. The van der Waals surface area contributed by atoms with Gasteiger partial charge in [0.05, 0.1) is 42.0 Å². The van der Waals surface area contributed by atoms with E-state index in [0.717, 1.165) is 13.8 Å². The van der Waals surface area contributed by atoms with Crippen LogP contribution in [0.3, 0.4) is 0 Å². The third kappa shape index (κ3) is 12.8. The SMILES string of the molecule is CC(=O)O[C@H]1C(=O)[C@@]2(C)[C@H]([C@H](OC(=O)c3ccccc3)[C@]3(O)C[C@H](OC(=O)[C@H](OC(=O)CC(C)(C)CNC(=O)O[C@@H]4O[C@H](C(=O)[O-])[C@@H](O)[C@H](O)[C@H]4O)[C@@H](NC(=O)c4ccccc4)c4ccccc4)C(C)=C1C3(C)C)[C@]1(OC(C)=O)CO[C@@H]1C[C@@H]2O.[Na+]. The molecule has 2 saturated carbocycles. The van der Waals surface area contributed by atoms with Crippen LogP contribution >= 0.6 is 0 Å². The molecule has 2 amide bonds. The molecule has 8 rings (SSSR count). The van der Waals surface area contributed by atoms with Crippen molar-refractivity contribution in [2.24, 2.45) is 22.2 Å². The number of carbonyl (C=O) groups excluding carboxylic acids is 9. The minimum atomic E-state index is -2.57. The van der Waals surface area contributed by atoms with Gasteiger partial charge in [0.15, 0.2) is 17.5 Å². The van der Waals surface area contributed by atoms with Crippen LogP contribution in [0.1, 0.15) is 107 Å². The Hall–Kier alpha value is -6.65. The van der Waals surface area contributed by atoms with E-state index in [1.807, 2.05) is 0 Å². The molecule has 3 aromatic carbocycles. The topological polar surface area (TPSA) is 376 Å². The summed E-state index contributed by atoms with van der Waals surface area (Å²) < 4.78 is 46.9. The fourth-order valence-corrected chi connectivity index (χ4v) is 12.5. The molecule has 0 radical (unpaired) electrons. The van der Waals surface area contributed by atoms with Crippen molar-refractivity contribution in [1.29, 1.82) is 0 Å². The Morgan fingerprint density at radius 2 is 1.38 bits per heavy atom. The second-order valence-corrected chi connectivity index (χ2v) is 23.6. The molecule has 26 heteroatoms. The number of aliphatic hydroxyl groups excluding tert-OH is 4. The van der Waals surface area contributed by atoms with Gasteiger partial charge >= 0.3 is 65.5 Å². The van der Waals surface area contributed by atoms with Gasteiger partial charge < -0.3 is 84.0 Å². The largest absolute Gasteiger partial charge is 1.00 e. The molecule has 2 heterocycles. The number of nitrogens with one attached hydrogen (secondary N) is 2. The maximum Gasteiger partial charge on any atom is 1.00 e. The van der Waals surface area contributed by atoms with Crippen LogP contribution in [0.5, 0.6) is 0 Å². The maximum atomic E-state index is 15.9. The number of hydrogen-bond donors (Lipinski definition) is 7. The molecule has 2 saturated heterocycles. The van der Waals surface area contributed by atoms with Gasteiger partial charge in [-0.2, -0.15) is 0 Å². The van der Waals surface area contributed by atoms with Gasteiger partial charge in [-0.05, 0) is 60.2 Å². The summed E-state index contributed by atoms with van der Waals surface area (Å²) in [6.07, 6.45) is -24.2. The fourth-order valence-electron chi connectivity index (χ4n) is 12.5. The molecular formula is C60H69N2NaO23. The minimum absolute atomic E-state index is 0. The van der Waals surface area contributed by atoms with E-state index < -0.39 is 186 Å². The van der Waals surface area contributed by atoms with Crippen molar-refractivity contribution in [2.45, 2.75) is 159 Å². The smallest absolute Gasteiger partial charge is 0.547 e. The van der Waals surface area contributed by atoms with Crippen LogP contribution in [-0.4, -0.2) is 171 Å². The third-order valence-electron chi connectivity index (χ3n) is 17.1. The summed E-state index contributed by atoms with van der Waals surface area (Å²) >= 11 is 0. The molecule has 3 aromatic rings. The Labute approximate surface area is 516 Å². The van der Waals surface area contributed by atoms with Crippen LogP contribution in [0.25, 0.3) is 0 Å². The van der Waals surface area contributed by atoms with E-state index in [1.54, 1.807) is 54.6 Å². The van der Waals surface area contributed by atoms with Gasteiger partial charge in [-0.25, -0.2) is 14.4 Å². The number of esters is 5. The van der Waals surface area contributed by atoms with E-state index in [1.165, 1.54) is 77.9 Å². The summed E-state index contributed by atoms with van der Waals surface area (Å²) in [4.78, 5) is 126. The van der Waals surface area contributed by atoms with Crippen molar-refractivity contribution in [3.05, 3.63) is 119 Å². The molecule has 86 heavy (non-hydrogen) atoms. The van der Waals surface area contributed by atoms with E-state index in [4.69, 9.17) is 37.9 Å². The number of aliphatic hydroxyl groups is 5. The summed E-state index contributed by atoms with van der Waals surface area (Å²) in [7, 11) is 0. The van der Waals surface area contributed by atoms with E-state index in [9.17, 15) is 64.2 Å². The van der Waals surface area contributed by atoms with Gasteiger partial charge in [0.2, 0.25) is 12.4 Å². The average Bonchev–Trinajstić information content (AvgIpc) is 0.695. The molecule has 2 bridgehead atoms. The van der Waals surface area contributed by atoms with Crippen molar-refractivity contribution in [3.63, 3.8) is 0 Å². The first-order valence-corrected chi connectivity index (χ1v) is 27.4. The van der Waals surface area contributed by atoms with Crippen molar-refractivity contribution >= 4 is 53.6 Å². The van der Waals surface area contributed by atoms with Gasteiger partial charge in [0, 0.05) is 44.2 Å². The molecule has 0 unspecified atom stereocenters. The van der Waals surface area contributed by atoms with E-state index >= 15 is 9.59 Å². The van der Waals surface area contributed by atoms with Gasteiger partial charge in [-0.15, -0.1) is 0 Å². The molecular weight excluding hydrogens is 1140 g/mol. The Morgan fingerprint density at radius 1 is 0.791 bits per heavy atom. The quantitative estimate of drug-likeness (QED) is 0.0332. The average molecular weight is 1210 g/mol. The normalized spacial score (nSPS) is 31.5. The van der Waals surface area contributed by atoms with Crippen LogP contribution in [0, 0.1) is 22.2 Å². The number of carboxylic acid groups (broad SMARTS) is 1. The summed E-state index contributed by atoms with van der Waals surface area (Å²) in [5, 5.41) is 73.6. The molecule has 2 aliphatic heterocycles. The van der Waals surface area contributed by atoms with E-state index in [2.05, 4.69) is 10.6 Å². The van der Waals surface area contributed by atoms with Gasteiger partial charge in [0.1, 0.15) is 54.4 Å². The van der Waals surface area contributed by atoms with E-state index in [0.29, 0.717) is 0 Å². The van der Waals surface area contributed by atoms with Crippen LogP contribution in [0.4, 0.5) is 4.79 Å². The first-order valence-electron chi connectivity index (χ1n) is 27.4. The van der Waals surface area contributed by atoms with Crippen LogP contribution in [0.2, 0.25) is 0 Å². The Morgan fingerprint density at radius 3 is 1.94 bits per heavy atom. The second-order valence-electron chi connectivity index (χ2n) is 23.6. The van der Waals surface area contributed by atoms with Crippen molar-refractivity contribution in [2.75, 3.05) is 13.2 Å². The van der Waals surface area contributed by atoms with Crippen LogP contribution in [-0.2, 0) is 66.7 Å². The number of ketones is 1. The number of carbonyl (C=O) groups is 9. The number of hydrogen-bond acceptors (Lipinski definition) is 23. The molecule has 0 spiro atoms. The number of carboxylic acids is 1. The molecule has 458 valence electrons. The fraction of sp³-hybridized carbons (Fsp3) is 0.517. The Kier molecular flexibility index (Phi) is 20.2. The summed E-state index contributed by atoms with van der Waals surface area (Å²) in [5.74, 6) is -10.7. The molecule has 16 atom stereocenters. The zero-order chi connectivity index (χ0) is 62.3. The van der Waals surface area contributed by atoms with Crippen molar-refractivity contribution < 1.29 is 141 Å². The number of Topliss-reactive ketones (excluding diaryl/α,β-unsaturated/α-hetero) is 1. The Bertz CT molecular complexity index is 3110. The minimum Gasteiger partial charge on any atom is -0.547 e. The zero-order valence-corrected chi connectivity index (χ0v) is 50.8. The van der Waals surface area contributed by atoms with Crippen LogP contribution in [0.15, 0.2) is 102 Å². The summed E-state index contributed by atoms with van der Waals surface area (Å²) in [6, 6.07) is 21.7. The molecule has 5 aliphatic rings. The van der Waals surface area contributed by atoms with E-state index in [-0.39, 0.29) is 63.8 Å². The summed E-state index contributed by atoms with van der Waals surface area (Å²) in [6.45, 7) is 10.0. The predicted molar refractivity (Wildman–Crippen MR) is 286 cm³/mol. The first kappa shape index (κ1) is 66.9. The number of benzene rings is 3. The molecule has 25 nitrogen and oxygen atoms in total. The molecule has 0 aromatic heterocycles. The van der Waals surface area contributed by atoms with Crippen LogP contribution < -0.4 is 45.3 Å². The number of rotatable bonds is 17. The third-order valence-corrected chi connectivity index (χ3v) is 17.1. The molecule has 7 N–H and O–H groups in total. The number of alkyl carbamates (subject to hydrolysis) is 1. The number of ether oxygens (including phenoxy) is 8. The predicted octanol–water partition coefficient (Wildman–Crippen LogP) is -2.01. The standard InChI is InChI=1S/C60H70N2O23.Na/c1-29-35(25-60(77)49(83-52(74)34-22-16-11-17-23-34)47-58(8,36(65)24-37-59(47,28-78-37)85-31(3)64)48(70)44(79-30(2)63)39(29)57(60,6)7)80-53(75)45(40(32-18-12-9-13-19-32)62-50(71)33-20-14-10-15-21-33)81-38(66)26-56(4,5)27-61-55(76)84-54-43(69)41(67)42(68)46(82-54)51(72)73;/h9-23,35-37,40-47,49,54,65,67-69,77H,24-28H2,1-8H3,(H,61,76)(H,62,71)(H,72,73);/q;+1/p-1/t35-,36-,37+,40-,41-,42-,43+,44+,45+,46-,47-,49-,54-,58+,59-,60+;/m0./s1. The monoisotopic (exact) mass is 1210 g/mol. The first-order chi connectivity index (χ1) is 39.9.